The van der Waals surface area contributed by atoms with E-state index in [0.29, 0.717) is 57.1 Å². The molecule has 2 N–H and O–H groups in total. The van der Waals surface area contributed by atoms with Gasteiger partial charge in [0.1, 0.15) is 11.5 Å². The van der Waals surface area contributed by atoms with Gasteiger partial charge in [-0.1, -0.05) is 161 Å². The number of hydrogen-bond acceptors (Lipinski definition) is 8. The highest BCUT2D eigenvalue weighted by Crippen LogP contribution is 2.36. The van der Waals surface area contributed by atoms with Crippen molar-refractivity contribution in [1.29, 1.82) is 0 Å². The normalized spacial score (nSPS) is 14.1. The Hall–Kier alpha value is -5.38. The van der Waals surface area contributed by atoms with Gasteiger partial charge in [-0.25, -0.2) is 0 Å². The zero-order valence-electron chi connectivity index (χ0n) is 43.3. The predicted octanol–water partition coefficient (Wildman–Crippen LogP) is 15.7. The lowest BCUT2D eigenvalue weighted by molar-refractivity contribution is -0.384. The Kier molecular flexibility index (Phi) is 21.5. The van der Waals surface area contributed by atoms with E-state index < -0.39 is 6.29 Å². The quantitative estimate of drug-likeness (QED) is 0.0346. The summed E-state index contributed by atoms with van der Waals surface area (Å²) in [7, 11) is 0. The average molecular weight is 954 g/mol. The van der Waals surface area contributed by atoms with Gasteiger partial charge in [0.2, 0.25) is 0 Å². The number of phenols is 2. The van der Waals surface area contributed by atoms with E-state index in [-0.39, 0.29) is 22.1 Å². The van der Waals surface area contributed by atoms with Crippen molar-refractivity contribution in [3.63, 3.8) is 0 Å². The van der Waals surface area contributed by atoms with Crippen LogP contribution in [-0.2, 0) is 54.9 Å². The standard InChI is InChI=1S/C61H83N3O6/c1-7-13-16-45(10-4)35-50-23-26-55(62(41-48-19-29-58(65)30-20-48)44-54-39-57(64(67)68)28-24-51(54)36-46(11-5)17-14-8-2)38-53(50)43-63(42-49-21-31-59(66)32-22-49)56-27-25-52(37-47(12-6)18-15-9-3)60(40-56)61-69-33-34-70-61/h19-32,38-40,45-47,61,65-66H,7-18,33-37,41-44H2,1-6H3. The van der Waals surface area contributed by atoms with E-state index in [1.165, 1.54) is 48.8 Å². The second-order valence-corrected chi connectivity index (χ2v) is 20.0. The smallest absolute Gasteiger partial charge is 0.269 e. The van der Waals surface area contributed by atoms with E-state index in [9.17, 15) is 20.3 Å². The van der Waals surface area contributed by atoms with E-state index in [0.717, 1.165) is 103 Å². The lowest BCUT2D eigenvalue weighted by atomic mass is 9.88. The van der Waals surface area contributed by atoms with Crippen LogP contribution in [-0.4, -0.2) is 28.4 Å². The minimum absolute atomic E-state index is 0.105. The number of nitro groups is 1. The summed E-state index contributed by atoms with van der Waals surface area (Å²) in [6.45, 7) is 17.0. The highest BCUT2D eigenvalue weighted by molar-refractivity contribution is 5.57. The van der Waals surface area contributed by atoms with Gasteiger partial charge in [-0.05, 0) is 124 Å². The van der Waals surface area contributed by atoms with Crippen molar-refractivity contribution in [2.24, 2.45) is 17.8 Å². The number of hydrogen-bond donors (Lipinski definition) is 2. The summed E-state index contributed by atoms with van der Waals surface area (Å²) in [5.74, 6) is 2.07. The topological polar surface area (TPSA) is 109 Å². The number of non-ortho nitro benzene ring substituents is 1. The molecule has 9 nitrogen and oxygen atoms in total. The van der Waals surface area contributed by atoms with Gasteiger partial charge < -0.3 is 29.5 Å². The first kappa shape index (κ1) is 54.0. The molecular formula is C61H83N3O6. The molecule has 9 heteroatoms. The molecule has 0 aliphatic carbocycles. The number of nitrogens with zero attached hydrogens (tertiary/aromatic N) is 3. The highest BCUT2D eigenvalue weighted by atomic mass is 16.7. The Labute approximate surface area is 420 Å². The third kappa shape index (κ3) is 15.8. The number of rotatable bonds is 30. The van der Waals surface area contributed by atoms with Gasteiger partial charge >= 0.3 is 0 Å². The second-order valence-electron chi connectivity index (χ2n) is 20.0. The zero-order valence-corrected chi connectivity index (χ0v) is 43.3. The summed E-state index contributed by atoms with van der Waals surface area (Å²) in [4.78, 5) is 16.9. The van der Waals surface area contributed by atoms with Crippen molar-refractivity contribution in [2.45, 2.75) is 170 Å². The Bertz CT molecular complexity index is 2340. The first-order valence-electron chi connectivity index (χ1n) is 26.8. The van der Waals surface area contributed by atoms with Crippen molar-refractivity contribution >= 4 is 17.1 Å². The number of unbranched alkanes of at least 4 members (excludes halogenated alkanes) is 3. The fourth-order valence-corrected chi connectivity index (χ4v) is 10.2. The number of aromatic hydroxyl groups is 2. The summed E-state index contributed by atoms with van der Waals surface area (Å²) in [5.41, 5.74) is 11.4. The van der Waals surface area contributed by atoms with E-state index in [4.69, 9.17) is 9.47 Å². The van der Waals surface area contributed by atoms with Gasteiger partial charge in [0.25, 0.3) is 5.69 Å². The Morgan fingerprint density at radius 3 is 1.39 bits per heavy atom. The van der Waals surface area contributed by atoms with E-state index in [1.54, 1.807) is 36.4 Å². The van der Waals surface area contributed by atoms with E-state index >= 15 is 0 Å². The van der Waals surface area contributed by atoms with Crippen LogP contribution >= 0.6 is 0 Å². The lowest BCUT2D eigenvalue weighted by Gasteiger charge is -2.31. The molecule has 1 heterocycles. The molecule has 0 saturated carbocycles. The molecule has 5 aromatic rings. The minimum Gasteiger partial charge on any atom is -0.508 e. The van der Waals surface area contributed by atoms with Crippen LogP contribution in [0, 0.1) is 27.9 Å². The van der Waals surface area contributed by atoms with Gasteiger partial charge in [0.15, 0.2) is 6.29 Å². The van der Waals surface area contributed by atoms with Gasteiger partial charge in [0.05, 0.1) is 18.1 Å². The number of nitro benzene ring substituents is 1. The fraction of sp³-hybridized carbons (Fsp3) is 0.508. The Morgan fingerprint density at radius 2 is 0.943 bits per heavy atom. The summed E-state index contributed by atoms with van der Waals surface area (Å²) in [5, 5.41) is 33.0. The van der Waals surface area contributed by atoms with Gasteiger partial charge in [-0.3, -0.25) is 10.1 Å². The molecular weight excluding hydrogens is 871 g/mol. The molecule has 1 aliphatic rings. The van der Waals surface area contributed by atoms with E-state index in [2.05, 4.69) is 87.7 Å². The van der Waals surface area contributed by atoms with Crippen LogP contribution < -0.4 is 9.80 Å². The maximum absolute atomic E-state index is 12.3. The van der Waals surface area contributed by atoms with Gasteiger partial charge in [-0.15, -0.1) is 0 Å². The van der Waals surface area contributed by atoms with Crippen molar-refractivity contribution in [1.82, 2.24) is 0 Å². The van der Waals surface area contributed by atoms with Crippen LogP contribution in [0.2, 0.25) is 0 Å². The molecule has 6 rings (SSSR count). The molecule has 5 aromatic carbocycles. The molecule has 1 aliphatic heterocycles. The van der Waals surface area contributed by atoms with Crippen molar-refractivity contribution < 1.29 is 24.6 Å². The molecule has 0 radical (unpaired) electrons. The molecule has 1 fully saturated rings. The van der Waals surface area contributed by atoms with Crippen LogP contribution in [0.25, 0.3) is 0 Å². The second kappa shape index (κ2) is 27.9. The number of phenolic OH excluding ortho intramolecular Hbond substituents is 2. The third-order valence-corrected chi connectivity index (χ3v) is 14.8. The van der Waals surface area contributed by atoms with Crippen LogP contribution in [0.1, 0.15) is 169 Å². The third-order valence-electron chi connectivity index (χ3n) is 14.8. The molecule has 3 unspecified atom stereocenters. The van der Waals surface area contributed by atoms with Crippen LogP contribution in [0.15, 0.2) is 103 Å². The SMILES string of the molecule is CCCCC(CC)Cc1ccc(N(Cc2ccc(O)cc2)Cc2cc([N+](=O)[O-])ccc2CC(CC)CCCC)cc1CN(Cc1ccc(O)cc1)c1ccc(CC(CC)CCCC)c(C2OCCO2)c1. The fourth-order valence-electron chi connectivity index (χ4n) is 10.2. The van der Waals surface area contributed by atoms with E-state index in [1.807, 2.05) is 30.3 Å². The molecule has 378 valence electrons. The molecule has 0 amide bonds. The highest BCUT2D eigenvalue weighted by Gasteiger charge is 2.26. The largest absolute Gasteiger partial charge is 0.508 e. The molecule has 0 aromatic heterocycles. The van der Waals surface area contributed by atoms with Crippen molar-refractivity contribution in [2.75, 3.05) is 23.0 Å². The van der Waals surface area contributed by atoms with Crippen LogP contribution in [0.3, 0.4) is 0 Å². The first-order valence-corrected chi connectivity index (χ1v) is 26.8. The zero-order chi connectivity index (χ0) is 49.8. The lowest BCUT2D eigenvalue weighted by Crippen LogP contribution is -2.26. The summed E-state index contributed by atoms with van der Waals surface area (Å²) in [6, 6.07) is 34.3. The molecule has 1 saturated heterocycles. The van der Waals surface area contributed by atoms with Gasteiger partial charge in [-0.2, -0.15) is 0 Å². The minimum atomic E-state index is -0.414. The van der Waals surface area contributed by atoms with Crippen molar-refractivity contribution in [3.8, 4) is 11.5 Å². The average Bonchev–Trinajstić information content (AvgIpc) is 3.92. The Balaban J connectivity index is 1.49. The maximum atomic E-state index is 12.3. The van der Waals surface area contributed by atoms with Gasteiger partial charge in [0, 0.05) is 55.2 Å². The monoisotopic (exact) mass is 954 g/mol. The summed E-state index contributed by atoms with van der Waals surface area (Å²) < 4.78 is 12.5. The van der Waals surface area contributed by atoms with Crippen LogP contribution in [0.5, 0.6) is 11.5 Å². The summed E-state index contributed by atoms with van der Waals surface area (Å²) in [6.07, 6.45) is 16.3. The molecule has 70 heavy (non-hydrogen) atoms. The molecule has 0 spiro atoms. The number of anilines is 2. The maximum Gasteiger partial charge on any atom is 0.269 e. The van der Waals surface area contributed by atoms with Crippen LogP contribution in [0.4, 0.5) is 17.1 Å². The summed E-state index contributed by atoms with van der Waals surface area (Å²) >= 11 is 0. The number of benzene rings is 5. The predicted molar refractivity (Wildman–Crippen MR) is 288 cm³/mol. The molecule has 3 atom stereocenters. The molecule has 0 bridgehead atoms. The first-order chi connectivity index (χ1) is 34.0. The van der Waals surface area contributed by atoms with Crippen molar-refractivity contribution in [3.05, 3.63) is 158 Å². The Morgan fingerprint density at radius 1 is 0.529 bits per heavy atom. The number of ether oxygens (including phenoxy) is 2.